The fourth-order valence-corrected chi connectivity index (χ4v) is 5.12. The van der Waals surface area contributed by atoms with Gasteiger partial charge in [-0.25, -0.2) is 0 Å². The van der Waals surface area contributed by atoms with Gasteiger partial charge in [0.2, 0.25) is 0 Å². The number of rotatable bonds is 18. The number of aliphatic hydroxyl groups is 2. The van der Waals surface area contributed by atoms with Gasteiger partial charge in [-0.05, 0) is 57.8 Å². The SMILES string of the molecule is CCCCCC(O)(CC=C1CC[C@H](O)[C@@H]1CCCCCCC(=O)OCC)C(C)CCCC. The highest BCUT2D eigenvalue weighted by Gasteiger charge is 2.34. The molecule has 188 valence electrons. The van der Waals surface area contributed by atoms with Crippen molar-refractivity contribution in [2.75, 3.05) is 6.61 Å². The van der Waals surface area contributed by atoms with Crippen LogP contribution in [-0.2, 0) is 9.53 Å². The fourth-order valence-electron chi connectivity index (χ4n) is 5.12. The van der Waals surface area contributed by atoms with Crippen LogP contribution in [0.4, 0.5) is 0 Å². The Morgan fingerprint density at radius 2 is 1.81 bits per heavy atom. The molecule has 0 saturated heterocycles. The summed E-state index contributed by atoms with van der Waals surface area (Å²) in [6, 6.07) is 0. The van der Waals surface area contributed by atoms with E-state index >= 15 is 0 Å². The number of hydrogen-bond donors (Lipinski definition) is 2. The molecule has 0 amide bonds. The Labute approximate surface area is 198 Å². The van der Waals surface area contributed by atoms with Crippen LogP contribution in [0.25, 0.3) is 0 Å². The first-order valence-corrected chi connectivity index (χ1v) is 13.6. The number of unbranched alkanes of at least 4 members (excludes halogenated alkanes) is 6. The summed E-state index contributed by atoms with van der Waals surface area (Å²) in [4.78, 5) is 11.4. The lowest BCUT2D eigenvalue weighted by atomic mass is 9.78. The number of carbonyl (C=O) groups excluding carboxylic acids is 1. The average Bonchev–Trinajstić information content (AvgIpc) is 3.12. The summed E-state index contributed by atoms with van der Waals surface area (Å²) in [5.74, 6) is 0.453. The van der Waals surface area contributed by atoms with Crippen LogP contribution in [0.5, 0.6) is 0 Å². The van der Waals surface area contributed by atoms with Crippen molar-refractivity contribution in [1.82, 2.24) is 0 Å². The Bertz CT molecular complexity index is 530. The Kier molecular flexibility index (Phi) is 15.2. The lowest BCUT2D eigenvalue weighted by molar-refractivity contribution is -0.143. The molecule has 4 atom stereocenters. The van der Waals surface area contributed by atoms with E-state index < -0.39 is 5.60 Å². The molecule has 1 rings (SSSR count). The van der Waals surface area contributed by atoms with Gasteiger partial charge in [-0.2, -0.15) is 0 Å². The molecular weight excluding hydrogens is 400 g/mol. The second kappa shape index (κ2) is 16.7. The predicted molar refractivity (Wildman–Crippen MR) is 134 cm³/mol. The lowest BCUT2D eigenvalue weighted by Crippen LogP contribution is -2.36. The molecule has 4 heteroatoms. The molecule has 0 aromatic carbocycles. The quantitative estimate of drug-likeness (QED) is 0.132. The second-order valence-corrected chi connectivity index (χ2v) is 10.1. The molecule has 2 N–H and O–H groups in total. The molecule has 1 aliphatic rings. The minimum atomic E-state index is -0.622. The summed E-state index contributed by atoms with van der Waals surface area (Å²) >= 11 is 0. The van der Waals surface area contributed by atoms with Gasteiger partial charge in [-0.15, -0.1) is 0 Å². The van der Waals surface area contributed by atoms with Gasteiger partial charge in [0, 0.05) is 12.3 Å². The van der Waals surface area contributed by atoms with Crippen molar-refractivity contribution in [2.45, 2.75) is 142 Å². The van der Waals surface area contributed by atoms with Crippen LogP contribution in [0.2, 0.25) is 0 Å². The second-order valence-electron chi connectivity index (χ2n) is 10.1. The van der Waals surface area contributed by atoms with Crippen LogP contribution in [0.1, 0.15) is 130 Å². The summed E-state index contributed by atoms with van der Waals surface area (Å²) in [6.07, 6.45) is 17.9. The summed E-state index contributed by atoms with van der Waals surface area (Å²) in [7, 11) is 0. The third-order valence-electron chi connectivity index (χ3n) is 7.46. The van der Waals surface area contributed by atoms with Crippen LogP contribution in [-0.4, -0.2) is 34.5 Å². The zero-order chi connectivity index (χ0) is 23.8. The van der Waals surface area contributed by atoms with E-state index in [2.05, 4.69) is 26.8 Å². The van der Waals surface area contributed by atoms with E-state index in [0.29, 0.717) is 18.9 Å². The minimum Gasteiger partial charge on any atom is -0.466 e. The van der Waals surface area contributed by atoms with Gasteiger partial charge < -0.3 is 14.9 Å². The number of aliphatic hydroxyl groups excluding tert-OH is 1. The van der Waals surface area contributed by atoms with Gasteiger partial charge in [0.05, 0.1) is 18.3 Å². The van der Waals surface area contributed by atoms with Crippen LogP contribution in [0.15, 0.2) is 11.6 Å². The molecule has 1 fully saturated rings. The van der Waals surface area contributed by atoms with Gasteiger partial charge in [-0.1, -0.05) is 83.8 Å². The number of esters is 1. The molecule has 4 nitrogen and oxygen atoms in total. The first kappa shape index (κ1) is 29.2. The highest BCUT2D eigenvalue weighted by Crippen LogP contribution is 2.38. The largest absolute Gasteiger partial charge is 0.466 e. The molecule has 0 aromatic rings. The molecular formula is C28H52O4. The van der Waals surface area contributed by atoms with Crippen molar-refractivity contribution in [1.29, 1.82) is 0 Å². The number of carbonyl (C=O) groups is 1. The first-order chi connectivity index (χ1) is 15.4. The van der Waals surface area contributed by atoms with Crippen LogP contribution >= 0.6 is 0 Å². The lowest BCUT2D eigenvalue weighted by Gasteiger charge is -2.34. The smallest absolute Gasteiger partial charge is 0.305 e. The Morgan fingerprint density at radius 1 is 1.09 bits per heavy atom. The zero-order valence-corrected chi connectivity index (χ0v) is 21.5. The molecule has 1 aliphatic carbocycles. The van der Waals surface area contributed by atoms with Gasteiger partial charge in [0.1, 0.15) is 0 Å². The van der Waals surface area contributed by atoms with E-state index in [1.54, 1.807) is 0 Å². The van der Waals surface area contributed by atoms with E-state index in [-0.39, 0.29) is 18.0 Å². The molecule has 0 bridgehead atoms. The molecule has 0 heterocycles. The van der Waals surface area contributed by atoms with E-state index in [0.717, 1.165) is 70.6 Å². The predicted octanol–water partition coefficient (Wildman–Crippen LogP) is 7.12. The monoisotopic (exact) mass is 452 g/mol. The van der Waals surface area contributed by atoms with E-state index in [1.165, 1.54) is 31.3 Å². The Morgan fingerprint density at radius 3 is 2.50 bits per heavy atom. The molecule has 32 heavy (non-hydrogen) atoms. The Balaban J connectivity index is 2.58. The zero-order valence-electron chi connectivity index (χ0n) is 21.5. The number of hydrogen-bond acceptors (Lipinski definition) is 4. The average molecular weight is 453 g/mol. The van der Waals surface area contributed by atoms with Crippen molar-refractivity contribution in [2.24, 2.45) is 11.8 Å². The highest BCUT2D eigenvalue weighted by molar-refractivity contribution is 5.69. The van der Waals surface area contributed by atoms with Crippen LogP contribution in [0.3, 0.4) is 0 Å². The van der Waals surface area contributed by atoms with Gasteiger partial charge in [-0.3, -0.25) is 4.79 Å². The van der Waals surface area contributed by atoms with Gasteiger partial charge >= 0.3 is 5.97 Å². The topological polar surface area (TPSA) is 66.8 Å². The summed E-state index contributed by atoms with van der Waals surface area (Å²) in [5.41, 5.74) is 0.739. The maximum absolute atomic E-state index is 11.6. The third kappa shape index (κ3) is 10.8. The molecule has 0 aliphatic heterocycles. The van der Waals surface area contributed by atoms with Crippen LogP contribution < -0.4 is 0 Å². The minimum absolute atomic E-state index is 0.0940. The van der Waals surface area contributed by atoms with Crippen molar-refractivity contribution in [3.05, 3.63) is 11.6 Å². The summed E-state index contributed by atoms with van der Waals surface area (Å²) in [6.45, 7) is 8.94. The first-order valence-electron chi connectivity index (χ1n) is 13.6. The molecule has 0 aromatic heterocycles. The van der Waals surface area contributed by atoms with Crippen molar-refractivity contribution >= 4 is 5.97 Å². The van der Waals surface area contributed by atoms with Gasteiger partial charge in [0.25, 0.3) is 0 Å². The van der Waals surface area contributed by atoms with Crippen molar-refractivity contribution < 1.29 is 19.7 Å². The Hall–Kier alpha value is -0.870. The molecule has 2 unspecified atom stereocenters. The standard InChI is InChI=1S/C28H52O4/c1-5-8-14-21-28(31,23(4)15-9-6-2)22-20-24-18-19-26(29)25(24)16-12-10-11-13-17-27(30)32-7-3/h20,23,25-26,29,31H,5-19,21-22H2,1-4H3/t23?,25-,26+,28?/m1/s1. The van der Waals surface area contributed by atoms with E-state index in [9.17, 15) is 15.0 Å². The normalized spacial score (nSPS) is 22.8. The maximum atomic E-state index is 11.6. The van der Waals surface area contributed by atoms with Gasteiger partial charge in [0.15, 0.2) is 0 Å². The maximum Gasteiger partial charge on any atom is 0.305 e. The summed E-state index contributed by atoms with van der Waals surface area (Å²) < 4.78 is 4.98. The molecule has 0 radical (unpaired) electrons. The van der Waals surface area contributed by atoms with Crippen LogP contribution in [0, 0.1) is 11.8 Å². The molecule has 1 saturated carbocycles. The van der Waals surface area contributed by atoms with Crippen molar-refractivity contribution in [3.8, 4) is 0 Å². The van der Waals surface area contributed by atoms with Crippen molar-refractivity contribution in [3.63, 3.8) is 0 Å². The van der Waals surface area contributed by atoms with E-state index in [1.807, 2.05) is 6.92 Å². The molecule has 0 spiro atoms. The third-order valence-corrected chi connectivity index (χ3v) is 7.46. The number of ether oxygens (including phenoxy) is 1. The highest BCUT2D eigenvalue weighted by atomic mass is 16.5. The summed E-state index contributed by atoms with van der Waals surface area (Å²) in [5, 5.41) is 22.1. The fraction of sp³-hybridized carbons (Fsp3) is 0.893. The van der Waals surface area contributed by atoms with E-state index in [4.69, 9.17) is 4.74 Å².